The Labute approximate surface area is 212 Å². The number of rotatable bonds is 8. The van der Waals surface area contributed by atoms with Gasteiger partial charge in [0.25, 0.3) is 0 Å². The largest absolute Gasteiger partial charge is 0.416 e. The Morgan fingerprint density at radius 3 is 2.22 bits per heavy atom. The van der Waals surface area contributed by atoms with Crippen molar-refractivity contribution in [2.75, 3.05) is 0 Å². The van der Waals surface area contributed by atoms with Crippen molar-refractivity contribution in [2.45, 2.75) is 45.7 Å². The molecular formula is C30H32BF3N2. The van der Waals surface area contributed by atoms with Gasteiger partial charge in [-0.3, -0.25) is 0 Å². The van der Waals surface area contributed by atoms with Gasteiger partial charge >= 0.3 is 6.18 Å². The molecule has 0 saturated carbocycles. The normalized spacial score (nSPS) is 10.9. The lowest BCUT2D eigenvalue weighted by Gasteiger charge is -2.17. The fourth-order valence-electron chi connectivity index (χ4n) is 4.10. The van der Waals surface area contributed by atoms with E-state index in [1.165, 1.54) is 23.3 Å². The molecule has 1 N–H and O–H groups in total. The zero-order valence-corrected chi connectivity index (χ0v) is 20.9. The van der Waals surface area contributed by atoms with Gasteiger partial charge in [-0.05, 0) is 24.0 Å². The molecule has 0 bridgehead atoms. The van der Waals surface area contributed by atoms with Gasteiger partial charge in [-0.25, -0.2) is 4.98 Å². The number of aromatic amines is 1. The maximum atomic E-state index is 13.0. The molecule has 0 amide bonds. The van der Waals surface area contributed by atoms with E-state index < -0.39 is 11.7 Å². The summed E-state index contributed by atoms with van der Waals surface area (Å²) in [6, 6.07) is 24.0. The summed E-state index contributed by atoms with van der Waals surface area (Å²) in [4.78, 5) is 7.23. The van der Waals surface area contributed by atoms with Crippen LogP contribution in [-0.2, 0) is 19.0 Å². The second kappa shape index (κ2) is 13.0. The summed E-state index contributed by atoms with van der Waals surface area (Å²) in [7, 11) is 0. The fraction of sp³-hybridized carbons (Fsp3) is 0.233. The first-order chi connectivity index (χ1) is 17.3. The number of nitrogens with zero attached hydrogens (tertiary/aromatic N) is 1. The number of imidazole rings is 1. The number of allylic oxidation sites excluding steroid dienone is 1. The predicted molar refractivity (Wildman–Crippen MR) is 144 cm³/mol. The molecule has 0 atom stereocenters. The van der Waals surface area contributed by atoms with E-state index in [2.05, 4.69) is 47.7 Å². The summed E-state index contributed by atoms with van der Waals surface area (Å²) < 4.78 is 39.0. The Balaban J connectivity index is 0.000000249. The molecule has 0 aliphatic rings. The molecule has 36 heavy (non-hydrogen) atoms. The topological polar surface area (TPSA) is 28.7 Å². The average Bonchev–Trinajstić information content (AvgIpc) is 3.37. The van der Waals surface area contributed by atoms with Crippen LogP contribution in [0.1, 0.15) is 49.2 Å². The number of aromatic nitrogens is 2. The van der Waals surface area contributed by atoms with Crippen molar-refractivity contribution in [2.24, 2.45) is 0 Å². The molecule has 0 spiro atoms. The fourth-order valence-corrected chi connectivity index (χ4v) is 4.10. The van der Waals surface area contributed by atoms with Gasteiger partial charge in [0.15, 0.2) is 0 Å². The third-order valence-corrected chi connectivity index (χ3v) is 5.94. The van der Waals surface area contributed by atoms with E-state index in [-0.39, 0.29) is 6.71 Å². The van der Waals surface area contributed by atoms with E-state index in [0.717, 1.165) is 48.5 Å². The van der Waals surface area contributed by atoms with Gasteiger partial charge in [0.05, 0.1) is 5.56 Å². The van der Waals surface area contributed by atoms with Crippen LogP contribution in [0.5, 0.6) is 0 Å². The van der Waals surface area contributed by atoms with Gasteiger partial charge < -0.3 is 4.98 Å². The molecular weight excluding hydrogens is 456 g/mol. The highest BCUT2D eigenvalue weighted by Gasteiger charge is 2.31. The Kier molecular flexibility index (Phi) is 9.74. The molecule has 1 heterocycles. The van der Waals surface area contributed by atoms with Gasteiger partial charge in [0, 0.05) is 18.8 Å². The quantitative estimate of drug-likeness (QED) is 0.273. The standard InChI is InChI=1S/C20H22BF3.C10H10N2/c1-4-5-7-16-10-12-18(13-11-16)21(15(2)3)19-9-6-8-17(14-19)20(22,23)24;1-2-4-9(5-3-1)8-10-11-6-7-12-10/h6,8-14H,2,4-5,7H2,1,3H3;1-7H,8H2,(H,11,12). The van der Waals surface area contributed by atoms with Gasteiger partial charge in [0.2, 0.25) is 6.71 Å². The van der Waals surface area contributed by atoms with Crippen molar-refractivity contribution in [3.05, 3.63) is 126 Å². The minimum Gasteiger partial charge on any atom is -0.348 e. The Bertz CT molecular complexity index is 1200. The Morgan fingerprint density at radius 1 is 0.917 bits per heavy atom. The lowest BCUT2D eigenvalue weighted by molar-refractivity contribution is -0.137. The van der Waals surface area contributed by atoms with E-state index in [0.29, 0.717) is 5.46 Å². The minimum atomic E-state index is -4.33. The summed E-state index contributed by atoms with van der Waals surface area (Å²) in [5, 5.41) is 0. The van der Waals surface area contributed by atoms with Crippen molar-refractivity contribution in [3.8, 4) is 0 Å². The van der Waals surface area contributed by atoms with E-state index in [9.17, 15) is 13.2 Å². The average molecular weight is 488 g/mol. The molecule has 186 valence electrons. The summed E-state index contributed by atoms with van der Waals surface area (Å²) >= 11 is 0. The molecule has 0 fully saturated rings. The van der Waals surface area contributed by atoms with Gasteiger partial charge in [0.1, 0.15) is 5.82 Å². The van der Waals surface area contributed by atoms with E-state index in [1.807, 2.05) is 43.5 Å². The van der Waals surface area contributed by atoms with Crippen molar-refractivity contribution < 1.29 is 13.2 Å². The zero-order valence-electron chi connectivity index (χ0n) is 20.9. The molecule has 6 heteroatoms. The van der Waals surface area contributed by atoms with Crippen molar-refractivity contribution >= 4 is 17.6 Å². The van der Waals surface area contributed by atoms with E-state index in [1.54, 1.807) is 12.3 Å². The first kappa shape index (κ1) is 27.1. The molecule has 0 aliphatic heterocycles. The monoisotopic (exact) mass is 488 g/mol. The number of nitrogens with one attached hydrogen (secondary N) is 1. The highest BCUT2D eigenvalue weighted by atomic mass is 19.4. The Morgan fingerprint density at radius 2 is 1.64 bits per heavy atom. The molecule has 4 aromatic rings. The third kappa shape index (κ3) is 8.01. The van der Waals surface area contributed by atoms with Crippen LogP contribution in [-0.4, -0.2) is 16.7 Å². The number of halogens is 3. The maximum Gasteiger partial charge on any atom is 0.416 e. The zero-order chi connectivity index (χ0) is 26.0. The number of benzene rings is 3. The number of hydrogen-bond acceptors (Lipinski definition) is 1. The molecule has 1 aromatic heterocycles. The number of hydrogen-bond donors (Lipinski definition) is 1. The molecule has 0 aliphatic carbocycles. The molecule has 2 nitrogen and oxygen atoms in total. The van der Waals surface area contributed by atoms with E-state index >= 15 is 0 Å². The van der Waals surface area contributed by atoms with Crippen molar-refractivity contribution in [3.63, 3.8) is 0 Å². The second-order valence-corrected chi connectivity index (χ2v) is 8.95. The van der Waals surface area contributed by atoms with Crippen molar-refractivity contribution in [1.29, 1.82) is 0 Å². The number of H-pyrrole nitrogens is 1. The van der Waals surface area contributed by atoms with Crippen LogP contribution >= 0.6 is 0 Å². The maximum absolute atomic E-state index is 13.0. The first-order valence-electron chi connectivity index (χ1n) is 12.2. The summed E-state index contributed by atoms with van der Waals surface area (Å²) in [6.07, 6.45) is 3.47. The van der Waals surface area contributed by atoms with Crippen LogP contribution in [0.25, 0.3) is 0 Å². The Hall–Kier alpha value is -3.54. The molecule has 0 radical (unpaired) electrons. The lowest BCUT2D eigenvalue weighted by Crippen LogP contribution is -2.43. The van der Waals surface area contributed by atoms with E-state index in [4.69, 9.17) is 0 Å². The van der Waals surface area contributed by atoms with Crippen LogP contribution in [0.15, 0.2) is 103 Å². The van der Waals surface area contributed by atoms with Crippen LogP contribution < -0.4 is 10.9 Å². The highest BCUT2D eigenvalue weighted by Crippen LogP contribution is 2.28. The first-order valence-corrected chi connectivity index (χ1v) is 12.2. The molecule has 4 rings (SSSR count). The van der Waals surface area contributed by atoms with Crippen LogP contribution in [0.2, 0.25) is 0 Å². The van der Waals surface area contributed by atoms with Crippen LogP contribution in [0.3, 0.4) is 0 Å². The molecule has 0 saturated heterocycles. The summed E-state index contributed by atoms with van der Waals surface area (Å²) in [6.45, 7) is 7.77. The van der Waals surface area contributed by atoms with Gasteiger partial charge in [-0.2, -0.15) is 13.2 Å². The summed E-state index contributed by atoms with van der Waals surface area (Å²) in [5.74, 6) is 1.02. The highest BCUT2D eigenvalue weighted by molar-refractivity contribution is 6.90. The SMILES string of the molecule is C=C(C)B(c1ccc(CCCC)cc1)c1cccc(C(F)(F)F)c1.c1ccc(Cc2ncc[nH]2)cc1. The number of alkyl halides is 3. The minimum absolute atomic E-state index is 0.229. The number of unbranched alkanes of at least 4 members (excludes halogenated alkanes) is 1. The smallest absolute Gasteiger partial charge is 0.348 e. The lowest BCUT2D eigenvalue weighted by atomic mass is 9.37. The van der Waals surface area contributed by atoms with Gasteiger partial charge in [-0.15, -0.1) is 12.1 Å². The summed E-state index contributed by atoms with van der Waals surface area (Å²) in [5.41, 5.74) is 4.35. The predicted octanol–water partition coefficient (Wildman–Crippen LogP) is 6.77. The molecule has 0 unspecified atom stereocenters. The number of aryl methyl sites for hydroxylation is 1. The van der Waals surface area contributed by atoms with Crippen LogP contribution in [0.4, 0.5) is 13.2 Å². The van der Waals surface area contributed by atoms with Crippen molar-refractivity contribution in [1.82, 2.24) is 9.97 Å². The molecule has 3 aromatic carbocycles. The third-order valence-electron chi connectivity index (χ3n) is 5.94. The van der Waals surface area contributed by atoms with Gasteiger partial charge in [-0.1, -0.05) is 110 Å². The van der Waals surface area contributed by atoms with Crippen LogP contribution in [0, 0.1) is 0 Å². The second-order valence-electron chi connectivity index (χ2n) is 8.95.